The Morgan fingerprint density at radius 3 is 2.52 bits per heavy atom. The summed E-state index contributed by atoms with van der Waals surface area (Å²) in [5, 5.41) is 5.24. The van der Waals surface area contributed by atoms with Crippen LogP contribution in [-0.2, 0) is 22.4 Å². The molecule has 0 atom stereocenters. The van der Waals surface area contributed by atoms with Gasteiger partial charge in [-0.1, -0.05) is 12.1 Å². The number of esters is 1. The number of nitrogens with zero attached hydrogens (tertiary/aromatic N) is 1. The molecule has 1 amide bonds. The van der Waals surface area contributed by atoms with Crippen molar-refractivity contribution in [2.24, 2.45) is 0 Å². The summed E-state index contributed by atoms with van der Waals surface area (Å²) < 4.78 is 4.98. The number of thiazole rings is 1. The number of aromatic nitrogens is 1. The average molecular weight is 304 g/mol. The van der Waals surface area contributed by atoms with Crippen LogP contribution in [0.5, 0.6) is 5.75 Å². The highest BCUT2D eigenvalue weighted by atomic mass is 32.1. The third-order valence-electron chi connectivity index (χ3n) is 2.69. The van der Waals surface area contributed by atoms with Crippen molar-refractivity contribution in [3.63, 3.8) is 0 Å². The van der Waals surface area contributed by atoms with Gasteiger partial charge in [-0.05, 0) is 30.5 Å². The van der Waals surface area contributed by atoms with Gasteiger partial charge in [0.05, 0.1) is 5.69 Å². The third kappa shape index (κ3) is 5.00. The van der Waals surface area contributed by atoms with Crippen molar-refractivity contribution >= 4 is 28.3 Å². The summed E-state index contributed by atoms with van der Waals surface area (Å²) in [6.45, 7) is 2.84. The van der Waals surface area contributed by atoms with E-state index in [4.69, 9.17) is 4.74 Å². The number of amides is 1. The quantitative estimate of drug-likeness (QED) is 0.681. The second-order valence-electron chi connectivity index (χ2n) is 4.56. The van der Waals surface area contributed by atoms with Gasteiger partial charge in [0.1, 0.15) is 5.75 Å². The number of hydrogen-bond acceptors (Lipinski definition) is 5. The van der Waals surface area contributed by atoms with E-state index in [0.29, 0.717) is 10.9 Å². The first-order chi connectivity index (χ1) is 10.0. The lowest BCUT2D eigenvalue weighted by atomic mass is 10.1. The molecule has 0 aliphatic carbocycles. The lowest BCUT2D eigenvalue weighted by Crippen LogP contribution is -2.05. The van der Waals surface area contributed by atoms with Gasteiger partial charge in [-0.15, -0.1) is 11.3 Å². The molecule has 1 N–H and O–H groups in total. The maximum Gasteiger partial charge on any atom is 0.308 e. The molecule has 0 fully saturated rings. The Morgan fingerprint density at radius 2 is 1.90 bits per heavy atom. The predicted octanol–water partition coefficient (Wildman–Crippen LogP) is 2.81. The van der Waals surface area contributed by atoms with Crippen LogP contribution in [0.25, 0.3) is 0 Å². The zero-order valence-corrected chi connectivity index (χ0v) is 12.7. The molecule has 6 heteroatoms. The largest absolute Gasteiger partial charge is 0.427 e. The second-order valence-corrected chi connectivity index (χ2v) is 5.42. The SMILES string of the molecule is CC(=O)Nc1nc(CCc2ccc(OC(C)=O)cc2)cs1. The van der Waals surface area contributed by atoms with Gasteiger partial charge < -0.3 is 10.1 Å². The van der Waals surface area contributed by atoms with Crippen molar-refractivity contribution in [1.29, 1.82) is 0 Å². The zero-order valence-electron chi connectivity index (χ0n) is 11.9. The fourth-order valence-corrected chi connectivity index (χ4v) is 2.58. The first-order valence-corrected chi connectivity index (χ1v) is 7.40. The van der Waals surface area contributed by atoms with Crippen molar-refractivity contribution < 1.29 is 14.3 Å². The molecular weight excluding hydrogens is 288 g/mol. The first kappa shape index (κ1) is 15.2. The molecular formula is C15H16N2O3S. The molecule has 0 bridgehead atoms. The summed E-state index contributed by atoms with van der Waals surface area (Å²) in [6.07, 6.45) is 1.63. The number of carbonyl (C=O) groups excluding carboxylic acids is 2. The van der Waals surface area contributed by atoms with Crippen LogP contribution in [0.3, 0.4) is 0 Å². The molecule has 2 rings (SSSR count). The van der Waals surface area contributed by atoms with Crippen molar-refractivity contribution in [3.8, 4) is 5.75 Å². The topological polar surface area (TPSA) is 68.3 Å². The highest BCUT2D eigenvalue weighted by molar-refractivity contribution is 7.13. The molecule has 0 radical (unpaired) electrons. The number of carbonyl (C=O) groups is 2. The van der Waals surface area contributed by atoms with Gasteiger partial charge in [0.2, 0.25) is 5.91 Å². The van der Waals surface area contributed by atoms with Crippen LogP contribution >= 0.6 is 11.3 Å². The molecule has 5 nitrogen and oxygen atoms in total. The summed E-state index contributed by atoms with van der Waals surface area (Å²) >= 11 is 1.42. The molecule has 110 valence electrons. The summed E-state index contributed by atoms with van der Waals surface area (Å²) in [5.74, 6) is 0.112. The van der Waals surface area contributed by atoms with Gasteiger partial charge >= 0.3 is 5.97 Å². The third-order valence-corrected chi connectivity index (χ3v) is 3.50. The molecule has 21 heavy (non-hydrogen) atoms. The molecule has 0 aliphatic rings. The highest BCUT2D eigenvalue weighted by Gasteiger charge is 2.04. The van der Waals surface area contributed by atoms with E-state index in [1.54, 1.807) is 12.1 Å². The van der Waals surface area contributed by atoms with Crippen LogP contribution in [0.2, 0.25) is 0 Å². The lowest BCUT2D eigenvalue weighted by molar-refractivity contribution is -0.131. The van der Waals surface area contributed by atoms with E-state index in [-0.39, 0.29) is 11.9 Å². The summed E-state index contributed by atoms with van der Waals surface area (Å²) in [5.41, 5.74) is 2.09. The maximum absolute atomic E-state index is 10.9. The zero-order chi connectivity index (χ0) is 15.2. The summed E-state index contributed by atoms with van der Waals surface area (Å²) in [6, 6.07) is 7.42. The number of nitrogens with one attached hydrogen (secondary N) is 1. The molecule has 1 aromatic heterocycles. The second kappa shape index (κ2) is 6.99. The Labute approximate surface area is 127 Å². The van der Waals surface area contributed by atoms with Crippen LogP contribution in [-0.4, -0.2) is 16.9 Å². The maximum atomic E-state index is 10.9. The van der Waals surface area contributed by atoms with E-state index in [1.165, 1.54) is 25.2 Å². The van der Waals surface area contributed by atoms with Gasteiger partial charge in [-0.25, -0.2) is 4.98 Å². The van der Waals surface area contributed by atoms with Crippen LogP contribution in [0.4, 0.5) is 5.13 Å². The monoisotopic (exact) mass is 304 g/mol. The highest BCUT2D eigenvalue weighted by Crippen LogP contribution is 2.18. The molecule has 1 aromatic carbocycles. The number of anilines is 1. The van der Waals surface area contributed by atoms with Gasteiger partial charge in [-0.2, -0.15) is 0 Å². The van der Waals surface area contributed by atoms with E-state index in [0.717, 1.165) is 24.1 Å². The molecule has 0 saturated heterocycles. The van der Waals surface area contributed by atoms with Crippen LogP contribution < -0.4 is 10.1 Å². The van der Waals surface area contributed by atoms with Crippen molar-refractivity contribution in [1.82, 2.24) is 4.98 Å². The minimum absolute atomic E-state index is 0.114. The van der Waals surface area contributed by atoms with E-state index >= 15 is 0 Å². The molecule has 0 aliphatic heterocycles. The van der Waals surface area contributed by atoms with Crippen LogP contribution in [0, 0.1) is 0 Å². The van der Waals surface area contributed by atoms with Crippen molar-refractivity contribution in [3.05, 3.63) is 40.9 Å². The van der Waals surface area contributed by atoms with E-state index < -0.39 is 0 Å². The number of benzene rings is 1. The molecule has 1 heterocycles. The standard InChI is InChI=1S/C15H16N2O3S/c1-10(18)16-15-17-13(9-21-15)6-3-12-4-7-14(8-5-12)20-11(2)19/h4-5,7-9H,3,6H2,1-2H3,(H,16,17,18). The smallest absolute Gasteiger partial charge is 0.308 e. The van der Waals surface area contributed by atoms with Gasteiger partial charge in [0.25, 0.3) is 0 Å². The minimum Gasteiger partial charge on any atom is -0.427 e. The molecule has 0 saturated carbocycles. The van der Waals surface area contributed by atoms with Crippen LogP contribution in [0.15, 0.2) is 29.6 Å². The lowest BCUT2D eigenvalue weighted by Gasteiger charge is -2.03. The Balaban J connectivity index is 1.89. The fourth-order valence-electron chi connectivity index (χ4n) is 1.79. The van der Waals surface area contributed by atoms with E-state index in [1.807, 2.05) is 17.5 Å². The Bertz CT molecular complexity index is 635. The van der Waals surface area contributed by atoms with Gasteiger partial charge in [-0.3, -0.25) is 9.59 Å². The normalized spacial score (nSPS) is 10.2. The van der Waals surface area contributed by atoms with Crippen molar-refractivity contribution in [2.75, 3.05) is 5.32 Å². The number of ether oxygens (including phenoxy) is 1. The molecule has 0 unspecified atom stereocenters. The van der Waals surface area contributed by atoms with Crippen LogP contribution in [0.1, 0.15) is 25.1 Å². The number of rotatable bonds is 5. The molecule has 0 spiro atoms. The van der Waals surface area contributed by atoms with Gasteiger partial charge in [0, 0.05) is 19.2 Å². The first-order valence-electron chi connectivity index (χ1n) is 6.52. The summed E-state index contributed by atoms with van der Waals surface area (Å²) in [7, 11) is 0. The predicted molar refractivity (Wildman–Crippen MR) is 81.6 cm³/mol. The fraction of sp³-hybridized carbons (Fsp3) is 0.267. The van der Waals surface area contributed by atoms with Gasteiger partial charge in [0.15, 0.2) is 5.13 Å². The number of hydrogen-bond donors (Lipinski definition) is 1. The van der Waals surface area contributed by atoms with Crippen molar-refractivity contribution in [2.45, 2.75) is 26.7 Å². The Kier molecular flexibility index (Phi) is 5.05. The average Bonchev–Trinajstić information content (AvgIpc) is 2.84. The minimum atomic E-state index is -0.323. The Morgan fingerprint density at radius 1 is 1.19 bits per heavy atom. The number of aryl methyl sites for hydroxylation is 2. The summed E-state index contributed by atoms with van der Waals surface area (Å²) in [4.78, 5) is 26.1. The molecule has 2 aromatic rings. The van der Waals surface area contributed by atoms with E-state index in [2.05, 4.69) is 10.3 Å². The Hall–Kier alpha value is -2.21. The van der Waals surface area contributed by atoms with E-state index in [9.17, 15) is 9.59 Å².